The van der Waals surface area contributed by atoms with Crippen molar-refractivity contribution in [1.82, 2.24) is 4.98 Å². The average molecular weight is 257 g/mol. The number of rotatable bonds is 2. The molecule has 2 nitrogen and oxygen atoms in total. The Bertz CT molecular complexity index is 510. The van der Waals surface area contributed by atoms with Crippen molar-refractivity contribution < 1.29 is 4.39 Å². The van der Waals surface area contributed by atoms with Gasteiger partial charge in [-0.3, -0.25) is 0 Å². The van der Waals surface area contributed by atoms with Crippen LogP contribution in [-0.4, -0.2) is 4.98 Å². The molecule has 0 fully saturated rings. The molecule has 0 aliphatic heterocycles. The molecule has 0 unspecified atom stereocenters. The first-order chi connectivity index (χ1) is 7.58. The lowest BCUT2D eigenvalue weighted by molar-refractivity contribution is 0.628. The zero-order valence-electron chi connectivity index (χ0n) is 8.58. The van der Waals surface area contributed by atoms with Crippen molar-refractivity contribution in [2.75, 3.05) is 0 Å². The summed E-state index contributed by atoms with van der Waals surface area (Å²) in [5.41, 5.74) is 7.30. The highest BCUT2D eigenvalue weighted by molar-refractivity contribution is 7.10. The minimum atomic E-state index is -0.423. The molecule has 84 valence electrons. The molecule has 0 saturated carbocycles. The summed E-state index contributed by atoms with van der Waals surface area (Å²) in [6.07, 6.45) is 0. The first kappa shape index (κ1) is 11.5. The number of nitrogens with zero attached hydrogens (tertiary/aromatic N) is 1. The van der Waals surface area contributed by atoms with Crippen LogP contribution in [0.5, 0.6) is 0 Å². The Labute approximate surface area is 102 Å². The molecular formula is C11H10ClFN2S. The lowest BCUT2D eigenvalue weighted by Crippen LogP contribution is -2.03. The quantitative estimate of drug-likeness (QED) is 0.891. The summed E-state index contributed by atoms with van der Waals surface area (Å²) >= 11 is 7.20. The Kier molecular flexibility index (Phi) is 3.23. The molecule has 0 aliphatic rings. The molecule has 1 heterocycles. The highest BCUT2D eigenvalue weighted by Crippen LogP contribution is 2.27. The van der Waals surface area contributed by atoms with Crippen LogP contribution in [0.25, 0.3) is 11.3 Å². The summed E-state index contributed by atoms with van der Waals surface area (Å²) in [6.45, 7) is 1.88. The largest absolute Gasteiger partial charge is 0.322 e. The van der Waals surface area contributed by atoms with Gasteiger partial charge in [0.15, 0.2) is 0 Å². The van der Waals surface area contributed by atoms with E-state index in [2.05, 4.69) is 4.98 Å². The Morgan fingerprint density at radius 2 is 2.25 bits per heavy atom. The SMILES string of the molecule is C[C@H](N)c1nc(-c2ccc(F)c(Cl)c2)cs1. The summed E-state index contributed by atoms with van der Waals surface area (Å²) in [5, 5.41) is 2.85. The predicted octanol–water partition coefficient (Wildman–Crippen LogP) is 3.62. The number of hydrogen-bond acceptors (Lipinski definition) is 3. The summed E-state index contributed by atoms with van der Waals surface area (Å²) < 4.78 is 13.0. The Morgan fingerprint density at radius 3 is 2.81 bits per heavy atom. The van der Waals surface area contributed by atoms with Crippen LogP contribution in [0.2, 0.25) is 5.02 Å². The van der Waals surface area contributed by atoms with E-state index in [4.69, 9.17) is 17.3 Å². The maximum Gasteiger partial charge on any atom is 0.141 e. The highest BCUT2D eigenvalue weighted by Gasteiger charge is 2.09. The molecule has 0 bridgehead atoms. The van der Waals surface area contributed by atoms with Gasteiger partial charge in [-0.1, -0.05) is 11.6 Å². The molecule has 1 aromatic carbocycles. The third kappa shape index (κ3) is 2.24. The van der Waals surface area contributed by atoms with Crippen molar-refractivity contribution in [3.63, 3.8) is 0 Å². The molecule has 0 amide bonds. The smallest absolute Gasteiger partial charge is 0.141 e. The zero-order chi connectivity index (χ0) is 11.7. The number of thiazole rings is 1. The lowest BCUT2D eigenvalue weighted by atomic mass is 10.2. The van der Waals surface area contributed by atoms with Crippen LogP contribution >= 0.6 is 22.9 Å². The third-order valence-corrected chi connectivity index (χ3v) is 3.46. The standard InChI is InChI=1S/C11H10ClFN2S/c1-6(14)11-15-10(5-16-11)7-2-3-9(13)8(12)4-7/h2-6H,14H2,1H3/t6-/m0/s1. The normalized spacial score (nSPS) is 12.8. The highest BCUT2D eigenvalue weighted by atomic mass is 35.5. The van der Waals surface area contributed by atoms with Crippen LogP contribution in [0, 0.1) is 5.82 Å². The maximum absolute atomic E-state index is 13.0. The van der Waals surface area contributed by atoms with Gasteiger partial charge in [0.05, 0.1) is 16.8 Å². The maximum atomic E-state index is 13.0. The van der Waals surface area contributed by atoms with Crippen LogP contribution in [-0.2, 0) is 0 Å². The molecular weight excluding hydrogens is 247 g/mol. The van der Waals surface area contributed by atoms with Gasteiger partial charge in [0.25, 0.3) is 0 Å². The first-order valence-corrected chi connectivity index (χ1v) is 6.00. The van der Waals surface area contributed by atoms with Crippen LogP contribution in [0.4, 0.5) is 4.39 Å². The second-order valence-electron chi connectivity index (χ2n) is 3.49. The van der Waals surface area contributed by atoms with Crippen molar-refractivity contribution in [1.29, 1.82) is 0 Å². The summed E-state index contributed by atoms with van der Waals surface area (Å²) in [7, 11) is 0. The summed E-state index contributed by atoms with van der Waals surface area (Å²) in [4.78, 5) is 4.36. The van der Waals surface area contributed by atoms with Crippen molar-refractivity contribution in [3.05, 3.63) is 39.4 Å². The minimum Gasteiger partial charge on any atom is -0.322 e. The fraction of sp³-hybridized carbons (Fsp3) is 0.182. The molecule has 0 radical (unpaired) electrons. The second kappa shape index (κ2) is 4.49. The first-order valence-electron chi connectivity index (χ1n) is 4.74. The van der Waals surface area contributed by atoms with Gasteiger partial charge >= 0.3 is 0 Å². The molecule has 5 heteroatoms. The van der Waals surface area contributed by atoms with Crippen molar-refractivity contribution in [2.24, 2.45) is 5.73 Å². The Balaban J connectivity index is 2.39. The van der Waals surface area contributed by atoms with E-state index in [1.54, 1.807) is 12.1 Å². The topological polar surface area (TPSA) is 38.9 Å². The van der Waals surface area contributed by atoms with Crippen molar-refractivity contribution in [2.45, 2.75) is 13.0 Å². The molecule has 0 spiro atoms. The molecule has 1 atom stereocenters. The summed E-state index contributed by atoms with van der Waals surface area (Å²) in [5.74, 6) is -0.423. The van der Waals surface area contributed by atoms with Gasteiger partial charge in [-0.25, -0.2) is 9.37 Å². The van der Waals surface area contributed by atoms with E-state index in [9.17, 15) is 4.39 Å². The van der Waals surface area contributed by atoms with Gasteiger partial charge in [0.2, 0.25) is 0 Å². The van der Waals surface area contributed by atoms with E-state index in [0.29, 0.717) is 0 Å². The predicted molar refractivity (Wildman–Crippen MR) is 65.1 cm³/mol. The van der Waals surface area contributed by atoms with E-state index < -0.39 is 5.82 Å². The Morgan fingerprint density at radius 1 is 1.50 bits per heavy atom. The summed E-state index contributed by atoms with van der Waals surface area (Å²) in [6, 6.07) is 4.47. The van der Waals surface area contributed by atoms with Crippen LogP contribution in [0.15, 0.2) is 23.6 Å². The number of hydrogen-bond donors (Lipinski definition) is 1. The van der Waals surface area contributed by atoms with E-state index in [1.165, 1.54) is 17.4 Å². The number of aromatic nitrogens is 1. The third-order valence-electron chi connectivity index (χ3n) is 2.13. The number of halogens is 2. The van der Waals surface area contributed by atoms with Crippen molar-refractivity contribution in [3.8, 4) is 11.3 Å². The Hall–Kier alpha value is -0.970. The monoisotopic (exact) mass is 256 g/mol. The average Bonchev–Trinajstić information content (AvgIpc) is 2.71. The van der Waals surface area contributed by atoms with E-state index in [1.807, 2.05) is 12.3 Å². The molecule has 0 aliphatic carbocycles. The van der Waals surface area contributed by atoms with Gasteiger partial charge in [-0.2, -0.15) is 0 Å². The fourth-order valence-electron chi connectivity index (χ4n) is 1.28. The van der Waals surface area contributed by atoms with Crippen LogP contribution in [0.3, 0.4) is 0 Å². The fourth-order valence-corrected chi connectivity index (χ4v) is 2.25. The molecule has 2 rings (SSSR count). The van der Waals surface area contributed by atoms with Gasteiger partial charge < -0.3 is 5.73 Å². The zero-order valence-corrected chi connectivity index (χ0v) is 10.1. The van der Waals surface area contributed by atoms with Crippen LogP contribution in [0.1, 0.15) is 18.0 Å². The molecule has 2 N–H and O–H groups in total. The molecule has 0 saturated heterocycles. The molecule has 2 aromatic rings. The van der Waals surface area contributed by atoms with Gasteiger partial charge in [-0.15, -0.1) is 11.3 Å². The van der Waals surface area contributed by atoms with Crippen LogP contribution < -0.4 is 5.73 Å². The van der Waals surface area contributed by atoms with E-state index in [0.717, 1.165) is 16.3 Å². The van der Waals surface area contributed by atoms with Gasteiger partial charge in [0, 0.05) is 10.9 Å². The number of nitrogens with two attached hydrogens (primary N) is 1. The number of benzene rings is 1. The van der Waals surface area contributed by atoms with E-state index in [-0.39, 0.29) is 11.1 Å². The van der Waals surface area contributed by atoms with Crippen molar-refractivity contribution >= 4 is 22.9 Å². The molecule has 1 aromatic heterocycles. The van der Waals surface area contributed by atoms with E-state index >= 15 is 0 Å². The molecule has 16 heavy (non-hydrogen) atoms. The van der Waals surface area contributed by atoms with Gasteiger partial charge in [-0.05, 0) is 25.1 Å². The lowest BCUT2D eigenvalue weighted by Gasteiger charge is -2.00. The minimum absolute atomic E-state index is 0.0883. The second-order valence-corrected chi connectivity index (χ2v) is 4.79. The van der Waals surface area contributed by atoms with Gasteiger partial charge in [0.1, 0.15) is 10.8 Å².